The summed E-state index contributed by atoms with van der Waals surface area (Å²) in [6, 6.07) is -0.372. The largest absolute Gasteiger partial charge is 0.381 e. The number of methoxy groups -OCH3 is 1. The molecule has 0 heterocycles. The molecule has 0 aromatic carbocycles. The maximum Gasteiger partial charge on any atom is 0.248 e. The Morgan fingerprint density at radius 3 is 2.41 bits per heavy atom. The molecule has 1 rings (SSSR count). The van der Waals surface area contributed by atoms with Crippen LogP contribution >= 0.6 is 0 Å². The molecule has 102 valence electrons. The van der Waals surface area contributed by atoms with E-state index in [1.807, 2.05) is 0 Å². The monoisotopic (exact) mass is 271 g/mol. The van der Waals surface area contributed by atoms with Crippen LogP contribution in [0.15, 0.2) is 0 Å². The van der Waals surface area contributed by atoms with Gasteiger partial charge in [-0.1, -0.05) is 0 Å². The lowest BCUT2D eigenvalue weighted by molar-refractivity contribution is -0.0388. The van der Waals surface area contributed by atoms with E-state index in [2.05, 4.69) is 4.72 Å². The fraction of sp³-hybridized carbons (Fsp3) is 1.00. The maximum atomic E-state index is 12.9. The van der Waals surface area contributed by atoms with Gasteiger partial charge in [-0.25, -0.2) is 21.9 Å². The van der Waals surface area contributed by atoms with Gasteiger partial charge >= 0.3 is 0 Å². The molecule has 7 heteroatoms. The third kappa shape index (κ3) is 5.27. The summed E-state index contributed by atoms with van der Waals surface area (Å²) < 4.78 is 56.4. The zero-order valence-electron chi connectivity index (χ0n) is 10.1. The smallest absolute Gasteiger partial charge is 0.248 e. The Morgan fingerprint density at radius 1 is 1.41 bits per heavy atom. The van der Waals surface area contributed by atoms with Gasteiger partial charge in [0.05, 0.1) is 11.9 Å². The Labute approximate surface area is 101 Å². The number of alkyl halides is 2. The molecule has 0 bridgehead atoms. The van der Waals surface area contributed by atoms with Crippen molar-refractivity contribution in [2.24, 2.45) is 0 Å². The van der Waals surface area contributed by atoms with E-state index in [1.54, 1.807) is 6.92 Å². The molecular formula is C10H19F2NO3S. The van der Waals surface area contributed by atoms with Crippen LogP contribution in [-0.2, 0) is 14.8 Å². The van der Waals surface area contributed by atoms with Crippen molar-refractivity contribution in [1.82, 2.24) is 4.72 Å². The third-order valence-corrected chi connectivity index (χ3v) is 4.52. The summed E-state index contributed by atoms with van der Waals surface area (Å²) in [6.45, 7) is 1.65. The van der Waals surface area contributed by atoms with E-state index in [4.69, 9.17) is 4.74 Å². The van der Waals surface area contributed by atoms with Crippen molar-refractivity contribution in [2.75, 3.05) is 12.9 Å². The highest BCUT2D eigenvalue weighted by Crippen LogP contribution is 2.33. The molecule has 1 fully saturated rings. The Hall–Kier alpha value is -0.270. The lowest BCUT2D eigenvalue weighted by Gasteiger charge is -2.28. The van der Waals surface area contributed by atoms with E-state index in [-0.39, 0.29) is 37.5 Å². The van der Waals surface area contributed by atoms with E-state index in [0.717, 1.165) is 0 Å². The lowest BCUT2D eigenvalue weighted by Crippen LogP contribution is -2.42. The van der Waals surface area contributed by atoms with E-state index in [1.165, 1.54) is 7.11 Å². The number of ether oxygens (including phenoxy) is 1. The highest BCUT2D eigenvalue weighted by molar-refractivity contribution is 7.89. The Morgan fingerprint density at radius 2 is 1.94 bits per heavy atom. The van der Waals surface area contributed by atoms with Crippen LogP contribution in [0.1, 0.15) is 32.6 Å². The number of nitrogens with one attached hydrogen (secondary N) is 1. The van der Waals surface area contributed by atoms with Crippen molar-refractivity contribution in [3.63, 3.8) is 0 Å². The molecule has 0 amide bonds. The zero-order chi connectivity index (χ0) is 13.1. The molecule has 0 aromatic rings. The minimum absolute atomic E-state index is 0.142. The third-order valence-electron chi connectivity index (χ3n) is 2.92. The van der Waals surface area contributed by atoms with E-state index >= 15 is 0 Å². The highest BCUT2D eigenvalue weighted by atomic mass is 32.2. The number of hydrogen-bond donors (Lipinski definition) is 1. The van der Waals surface area contributed by atoms with Crippen LogP contribution in [-0.4, -0.2) is 39.3 Å². The van der Waals surface area contributed by atoms with Gasteiger partial charge in [-0.3, -0.25) is 0 Å². The molecule has 0 unspecified atom stereocenters. The number of hydrogen-bond acceptors (Lipinski definition) is 3. The van der Waals surface area contributed by atoms with Crippen molar-refractivity contribution in [3.05, 3.63) is 0 Å². The SMILES string of the molecule is CO[C@@H](C)CS(=O)(=O)NC1CCC(F)(F)CC1. The van der Waals surface area contributed by atoms with E-state index in [9.17, 15) is 17.2 Å². The molecule has 1 aliphatic carbocycles. The number of rotatable bonds is 5. The van der Waals surface area contributed by atoms with Crippen molar-refractivity contribution in [2.45, 2.75) is 50.7 Å². The van der Waals surface area contributed by atoms with Gasteiger partial charge in [0.2, 0.25) is 15.9 Å². The topological polar surface area (TPSA) is 55.4 Å². The molecular weight excluding hydrogens is 252 g/mol. The van der Waals surface area contributed by atoms with Crippen LogP contribution in [0, 0.1) is 0 Å². The van der Waals surface area contributed by atoms with Gasteiger partial charge in [0.15, 0.2) is 0 Å². The Bertz CT molecular complexity index is 335. The molecule has 17 heavy (non-hydrogen) atoms. The minimum atomic E-state index is -3.45. The Kier molecular flexibility index (Phi) is 4.86. The van der Waals surface area contributed by atoms with Crippen LogP contribution in [0.5, 0.6) is 0 Å². The summed E-state index contributed by atoms with van der Waals surface area (Å²) in [7, 11) is -2.02. The molecule has 0 saturated heterocycles. The summed E-state index contributed by atoms with van der Waals surface area (Å²) in [6.07, 6.45) is -0.529. The summed E-state index contributed by atoms with van der Waals surface area (Å²) in [5.41, 5.74) is 0. The van der Waals surface area contributed by atoms with Gasteiger partial charge in [-0.05, 0) is 19.8 Å². The first kappa shape index (κ1) is 14.8. The molecule has 0 aliphatic heterocycles. The van der Waals surface area contributed by atoms with Gasteiger partial charge < -0.3 is 4.74 Å². The second-order valence-electron chi connectivity index (χ2n) is 4.58. The van der Waals surface area contributed by atoms with Gasteiger partial charge in [0, 0.05) is 26.0 Å². The van der Waals surface area contributed by atoms with Gasteiger partial charge in [0.1, 0.15) is 0 Å². The quantitative estimate of drug-likeness (QED) is 0.825. The molecule has 0 aromatic heterocycles. The van der Waals surface area contributed by atoms with Crippen molar-refractivity contribution in [1.29, 1.82) is 0 Å². The van der Waals surface area contributed by atoms with Crippen LogP contribution < -0.4 is 4.72 Å². The van der Waals surface area contributed by atoms with Gasteiger partial charge in [0.25, 0.3) is 0 Å². The molecule has 0 radical (unpaired) electrons. The second kappa shape index (κ2) is 5.58. The first-order chi connectivity index (χ1) is 7.74. The number of sulfonamides is 1. The summed E-state index contributed by atoms with van der Waals surface area (Å²) >= 11 is 0. The van der Waals surface area contributed by atoms with Gasteiger partial charge in [-0.2, -0.15) is 0 Å². The predicted octanol–water partition coefficient (Wildman–Crippen LogP) is 1.52. The average Bonchev–Trinajstić information content (AvgIpc) is 2.20. The molecule has 1 atom stereocenters. The molecule has 0 spiro atoms. The van der Waals surface area contributed by atoms with Crippen LogP contribution in [0.2, 0.25) is 0 Å². The highest BCUT2D eigenvalue weighted by Gasteiger charge is 2.36. The number of halogens is 2. The fourth-order valence-corrected chi connectivity index (χ4v) is 3.43. The summed E-state index contributed by atoms with van der Waals surface area (Å²) in [5.74, 6) is -2.78. The molecule has 1 saturated carbocycles. The zero-order valence-corrected chi connectivity index (χ0v) is 10.9. The van der Waals surface area contributed by atoms with E-state index < -0.39 is 22.0 Å². The Balaban J connectivity index is 2.44. The first-order valence-corrected chi connectivity index (χ1v) is 7.30. The lowest BCUT2D eigenvalue weighted by atomic mass is 9.93. The molecule has 1 N–H and O–H groups in total. The maximum absolute atomic E-state index is 12.9. The van der Waals surface area contributed by atoms with Crippen LogP contribution in [0.3, 0.4) is 0 Å². The minimum Gasteiger partial charge on any atom is -0.381 e. The predicted molar refractivity (Wildman–Crippen MR) is 60.6 cm³/mol. The van der Waals surface area contributed by atoms with Crippen molar-refractivity contribution in [3.8, 4) is 0 Å². The normalized spacial score (nSPS) is 23.5. The summed E-state index contributed by atoms with van der Waals surface area (Å²) in [4.78, 5) is 0. The van der Waals surface area contributed by atoms with Crippen LogP contribution in [0.4, 0.5) is 8.78 Å². The average molecular weight is 271 g/mol. The molecule has 1 aliphatic rings. The molecule has 4 nitrogen and oxygen atoms in total. The second-order valence-corrected chi connectivity index (χ2v) is 6.37. The fourth-order valence-electron chi connectivity index (χ4n) is 1.84. The van der Waals surface area contributed by atoms with Crippen molar-refractivity contribution >= 4 is 10.0 Å². The van der Waals surface area contributed by atoms with Crippen LogP contribution in [0.25, 0.3) is 0 Å². The standard InChI is InChI=1S/C10H19F2NO3S/c1-8(16-2)7-17(14,15)13-9-3-5-10(11,12)6-4-9/h8-9,13H,3-7H2,1-2H3/t8-/m0/s1. The summed E-state index contributed by atoms with van der Waals surface area (Å²) in [5, 5.41) is 0. The first-order valence-electron chi connectivity index (χ1n) is 5.65. The van der Waals surface area contributed by atoms with Gasteiger partial charge in [-0.15, -0.1) is 0 Å². The van der Waals surface area contributed by atoms with E-state index in [0.29, 0.717) is 0 Å². The van der Waals surface area contributed by atoms with Crippen molar-refractivity contribution < 1.29 is 21.9 Å².